The minimum atomic E-state index is -0.464. The highest BCUT2D eigenvalue weighted by atomic mass is 35.5. The zero-order chi connectivity index (χ0) is 21.8. The van der Waals surface area contributed by atoms with Crippen molar-refractivity contribution in [3.05, 3.63) is 76.5 Å². The van der Waals surface area contributed by atoms with Crippen LogP contribution in [0, 0.1) is 19.7 Å². The third-order valence-corrected chi connectivity index (χ3v) is 4.74. The van der Waals surface area contributed by atoms with Crippen LogP contribution in [-0.4, -0.2) is 21.8 Å². The van der Waals surface area contributed by atoms with Crippen LogP contribution >= 0.6 is 11.6 Å². The summed E-state index contributed by atoms with van der Waals surface area (Å²) in [6.07, 6.45) is 3.18. The maximum absolute atomic E-state index is 13.2. The summed E-state index contributed by atoms with van der Waals surface area (Å²) in [4.78, 5) is 34.8. The van der Waals surface area contributed by atoms with Gasteiger partial charge in [0, 0.05) is 41.8 Å². The van der Waals surface area contributed by atoms with E-state index in [0.29, 0.717) is 22.8 Å². The Morgan fingerprint density at radius 2 is 1.90 bits per heavy atom. The summed E-state index contributed by atoms with van der Waals surface area (Å²) in [5.74, 6) is -0.647. The van der Waals surface area contributed by atoms with Crippen LogP contribution in [0.5, 0.6) is 0 Å². The van der Waals surface area contributed by atoms with E-state index in [-0.39, 0.29) is 23.3 Å². The van der Waals surface area contributed by atoms with Gasteiger partial charge in [0.1, 0.15) is 11.6 Å². The smallest absolute Gasteiger partial charge is 0.229 e. The number of pyridine rings is 2. The van der Waals surface area contributed by atoms with Gasteiger partial charge in [0.15, 0.2) is 0 Å². The lowest BCUT2D eigenvalue weighted by Gasteiger charge is -2.23. The fraction of sp³-hybridized carbons (Fsp3) is 0.182. The van der Waals surface area contributed by atoms with E-state index in [0.717, 1.165) is 11.3 Å². The molecule has 0 aliphatic heterocycles. The molecule has 6 nitrogen and oxygen atoms in total. The summed E-state index contributed by atoms with van der Waals surface area (Å²) in [7, 11) is 0. The van der Waals surface area contributed by atoms with Gasteiger partial charge in [0.2, 0.25) is 11.8 Å². The van der Waals surface area contributed by atoms with Crippen molar-refractivity contribution < 1.29 is 14.0 Å². The molecule has 8 heteroatoms. The SMILES string of the molecule is CC(=O)N(c1cc(NC(=O)Cc2ccc(F)cc2Cl)ccn1)c1cc(C)ncc1C. The van der Waals surface area contributed by atoms with Crippen LogP contribution in [0.15, 0.2) is 48.8 Å². The molecular formula is C22H20ClFN4O2. The zero-order valence-corrected chi connectivity index (χ0v) is 17.5. The molecule has 2 aromatic heterocycles. The summed E-state index contributed by atoms with van der Waals surface area (Å²) in [5.41, 5.74) is 3.24. The van der Waals surface area contributed by atoms with E-state index in [9.17, 15) is 14.0 Å². The standard InChI is InChI=1S/C22H20ClFN4O2/c1-13-12-26-14(2)8-20(13)28(15(3)29)21-11-18(6-7-25-21)27-22(30)9-16-4-5-17(24)10-19(16)23/h4-8,10-12H,9H2,1-3H3,(H,25,27,30). The van der Waals surface area contributed by atoms with Gasteiger partial charge in [-0.25, -0.2) is 9.37 Å². The maximum Gasteiger partial charge on any atom is 0.229 e. The van der Waals surface area contributed by atoms with Gasteiger partial charge in [-0.05, 0) is 49.2 Å². The fourth-order valence-corrected chi connectivity index (χ4v) is 3.20. The third kappa shape index (κ3) is 4.99. The van der Waals surface area contributed by atoms with E-state index in [1.807, 2.05) is 13.8 Å². The van der Waals surface area contributed by atoms with Gasteiger partial charge in [-0.2, -0.15) is 0 Å². The topological polar surface area (TPSA) is 75.2 Å². The molecule has 1 N–H and O–H groups in total. The Morgan fingerprint density at radius 1 is 1.13 bits per heavy atom. The molecule has 0 saturated heterocycles. The van der Waals surface area contributed by atoms with E-state index in [2.05, 4.69) is 15.3 Å². The van der Waals surface area contributed by atoms with E-state index in [1.165, 1.54) is 36.2 Å². The fourth-order valence-electron chi connectivity index (χ4n) is 2.97. The van der Waals surface area contributed by atoms with Crippen molar-refractivity contribution >= 4 is 40.6 Å². The number of nitrogens with one attached hydrogen (secondary N) is 1. The number of aromatic nitrogens is 2. The third-order valence-electron chi connectivity index (χ3n) is 4.39. The van der Waals surface area contributed by atoms with Crippen LogP contribution in [0.4, 0.5) is 21.6 Å². The highest BCUT2D eigenvalue weighted by Gasteiger charge is 2.19. The number of hydrogen-bond donors (Lipinski definition) is 1. The van der Waals surface area contributed by atoms with Gasteiger partial charge in [0.05, 0.1) is 12.1 Å². The van der Waals surface area contributed by atoms with Crippen molar-refractivity contribution in [2.24, 2.45) is 0 Å². The molecule has 0 radical (unpaired) electrons. The molecule has 0 unspecified atom stereocenters. The van der Waals surface area contributed by atoms with Crippen molar-refractivity contribution in [1.82, 2.24) is 9.97 Å². The first-order valence-corrected chi connectivity index (χ1v) is 9.56. The van der Waals surface area contributed by atoms with E-state index < -0.39 is 5.82 Å². The Balaban J connectivity index is 1.84. The normalized spacial score (nSPS) is 10.6. The minimum Gasteiger partial charge on any atom is -0.326 e. The van der Waals surface area contributed by atoms with Crippen LogP contribution in [0.1, 0.15) is 23.7 Å². The molecule has 30 heavy (non-hydrogen) atoms. The van der Waals surface area contributed by atoms with Gasteiger partial charge in [-0.1, -0.05) is 17.7 Å². The number of amides is 2. The number of benzene rings is 1. The lowest BCUT2D eigenvalue weighted by Crippen LogP contribution is -2.25. The molecule has 0 aliphatic rings. The monoisotopic (exact) mass is 426 g/mol. The lowest BCUT2D eigenvalue weighted by atomic mass is 10.1. The summed E-state index contributed by atoms with van der Waals surface area (Å²) in [6, 6.07) is 8.93. The predicted molar refractivity (Wildman–Crippen MR) is 115 cm³/mol. The van der Waals surface area contributed by atoms with Crippen molar-refractivity contribution in [3.63, 3.8) is 0 Å². The molecular weight excluding hydrogens is 407 g/mol. The van der Waals surface area contributed by atoms with Crippen LogP contribution in [-0.2, 0) is 16.0 Å². The number of halogens is 2. The molecule has 3 aromatic rings. The molecule has 2 amide bonds. The average Bonchev–Trinajstić information content (AvgIpc) is 2.67. The lowest BCUT2D eigenvalue weighted by molar-refractivity contribution is -0.116. The van der Waals surface area contributed by atoms with Gasteiger partial charge >= 0.3 is 0 Å². The Morgan fingerprint density at radius 3 is 2.60 bits per heavy atom. The van der Waals surface area contributed by atoms with E-state index >= 15 is 0 Å². The number of anilines is 3. The summed E-state index contributed by atoms with van der Waals surface area (Å²) >= 11 is 5.99. The molecule has 1 aromatic carbocycles. The number of carbonyl (C=O) groups is 2. The number of aryl methyl sites for hydroxylation is 2. The average molecular weight is 427 g/mol. The van der Waals surface area contributed by atoms with Crippen molar-refractivity contribution in [2.45, 2.75) is 27.2 Å². The highest BCUT2D eigenvalue weighted by molar-refractivity contribution is 6.31. The molecule has 0 atom stereocenters. The molecule has 3 rings (SSSR count). The molecule has 154 valence electrons. The van der Waals surface area contributed by atoms with Gasteiger partial charge in [0.25, 0.3) is 0 Å². The van der Waals surface area contributed by atoms with Gasteiger partial charge in [-0.3, -0.25) is 19.5 Å². The number of nitrogens with zero attached hydrogens (tertiary/aromatic N) is 3. The highest BCUT2D eigenvalue weighted by Crippen LogP contribution is 2.29. The second-order valence-electron chi connectivity index (χ2n) is 6.83. The molecule has 0 aliphatic carbocycles. The van der Waals surface area contributed by atoms with Crippen molar-refractivity contribution in [3.8, 4) is 0 Å². The zero-order valence-electron chi connectivity index (χ0n) is 16.7. The van der Waals surface area contributed by atoms with Crippen molar-refractivity contribution in [1.29, 1.82) is 0 Å². The van der Waals surface area contributed by atoms with Gasteiger partial charge in [-0.15, -0.1) is 0 Å². The Labute approximate surface area is 178 Å². The predicted octanol–water partition coefficient (Wildman–Crippen LogP) is 4.75. The molecule has 0 fully saturated rings. The maximum atomic E-state index is 13.2. The minimum absolute atomic E-state index is 0.0180. The molecule has 0 bridgehead atoms. The molecule has 2 heterocycles. The van der Waals surface area contributed by atoms with Crippen molar-refractivity contribution in [2.75, 3.05) is 10.2 Å². The first kappa shape index (κ1) is 21.4. The van der Waals surface area contributed by atoms with Crippen LogP contribution in [0.2, 0.25) is 5.02 Å². The van der Waals surface area contributed by atoms with Crippen LogP contribution in [0.25, 0.3) is 0 Å². The number of hydrogen-bond acceptors (Lipinski definition) is 4. The summed E-state index contributed by atoms with van der Waals surface area (Å²) in [5, 5.41) is 2.95. The molecule has 0 saturated carbocycles. The summed E-state index contributed by atoms with van der Waals surface area (Å²) < 4.78 is 13.2. The second kappa shape index (κ2) is 9.00. The number of carbonyl (C=O) groups excluding carboxylic acids is 2. The first-order valence-electron chi connectivity index (χ1n) is 9.18. The first-order chi connectivity index (χ1) is 14.2. The Hall–Kier alpha value is -3.32. The Bertz CT molecular complexity index is 1120. The van der Waals surface area contributed by atoms with Crippen LogP contribution < -0.4 is 10.2 Å². The van der Waals surface area contributed by atoms with Gasteiger partial charge < -0.3 is 5.32 Å². The van der Waals surface area contributed by atoms with Crippen LogP contribution in [0.3, 0.4) is 0 Å². The quantitative estimate of drug-likeness (QED) is 0.638. The second-order valence-corrected chi connectivity index (χ2v) is 7.24. The summed E-state index contributed by atoms with van der Waals surface area (Å²) in [6.45, 7) is 5.14. The van der Waals surface area contributed by atoms with E-state index in [1.54, 1.807) is 24.4 Å². The number of rotatable bonds is 5. The Kier molecular flexibility index (Phi) is 6.42. The molecule has 0 spiro atoms. The van der Waals surface area contributed by atoms with E-state index in [4.69, 9.17) is 11.6 Å². The largest absolute Gasteiger partial charge is 0.326 e.